The van der Waals surface area contributed by atoms with Crippen LogP contribution < -0.4 is 5.32 Å². The van der Waals surface area contributed by atoms with Crippen LogP contribution in [0.2, 0.25) is 0 Å². The number of benzene rings is 2. The average molecular weight is 631 g/mol. The molecule has 0 bridgehead atoms. The number of nitrogens with zero attached hydrogens (tertiary/aromatic N) is 2. The summed E-state index contributed by atoms with van der Waals surface area (Å²) in [5.74, 6) is -2.31. The van der Waals surface area contributed by atoms with Crippen molar-refractivity contribution in [1.29, 1.82) is 0 Å². The summed E-state index contributed by atoms with van der Waals surface area (Å²) in [5.41, 5.74) is 3.55. The van der Waals surface area contributed by atoms with E-state index in [1.807, 2.05) is 98.7 Å². The molecule has 1 fully saturated rings. The second-order valence-corrected chi connectivity index (χ2v) is 11.4. The van der Waals surface area contributed by atoms with Crippen LogP contribution in [0.25, 0.3) is 12.2 Å². The van der Waals surface area contributed by atoms with E-state index in [9.17, 15) is 14.4 Å². The van der Waals surface area contributed by atoms with Gasteiger partial charge in [0.1, 0.15) is 11.6 Å². The quantitative estimate of drug-likeness (QED) is 0.371. The summed E-state index contributed by atoms with van der Waals surface area (Å²) < 4.78 is 1.96. The van der Waals surface area contributed by atoms with Crippen molar-refractivity contribution < 1.29 is 14.4 Å². The number of ketones is 3. The van der Waals surface area contributed by atoms with Gasteiger partial charge in [-0.2, -0.15) is 0 Å². The van der Waals surface area contributed by atoms with Gasteiger partial charge in [-0.1, -0.05) is 56.1 Å². The van der Waals surface area contributed by atoms with Gasteiger partial charge in [-0.25, -0.2) is 0 Å². The first-order valence-corrected chi connectivity index (χ1v) is 13.7. The van der Waals surface area contributed by atoms with Crippen LogP contribution in [-0.2, 0) is 14.4 Å². The number of carbonyl (C=O) groups excluding carboxylic acids is 3. The van der Waals surface area contributed by atoms with Gasteiger partial charge in [0, 0.05) is 74.5 Å². The lowest BCUT2D eigenvalue weighted by Gasteiger charge is -2.29. The Morgan fingerprint density at radius 1 is 0.757 bits per heavy atom. The second kappa shape index (κ2) is 13.3. The normalized spacial score (nSPS) is 18.5. The topological polar surface area (TPSA) is 69.7 Å². The fraction of sp³-hybridized carbons (Fsp3) is 0.345. The summed E-state index contributed by atoms with van der Waals surface area (Å²) >= 11 is 6.87. The molecule has 37 heavy (non-hydrogen) atoms. The number of nitrogens with one attached hydrogen (secondary N) is 1. The van der Waals surface area contributed by atoms with Gasteiger partial charge in [-0.15, -0.1) is 0 Å². The molecule has 1 aliphatic rings. The van der Waals surface area contributed by atoms with E-state index >= 15 is 0 Å². The van der Waals surface area contributed by atoms with Gasteiger partial charge in [-0.05, 0) is 47.5 Å². The molecule has 8 heteroatoms. The van der Waals surface area contributed by atoms with Gasteiger partial charge in [0.25, 0.3) is 0 Å². The number of hydrogen-bond donors (Lipinski definition) is 1. The van der Waals surface area contributed by atoms with E-state index < -0.39 is 11.8 Å². The van der Waals surface area contributed by atoms with Gasteiger partial charge >= 0.3 is 0 Å². The summed E-state index contributed by atoms with van der Waals surface area (Å²) in [6.45, 7) is 0.519. The van der Waals surface area contributed by atoms with Crippen molar-refractivity contribution in [3.05, 3.63) is 80.0 Å². The smallest absolute Gasteiger partial charge is 0.156 e. The first kappa shape index (κ1) is 29.0. The van der Waals surface area contributed by atoms with Gasteiger partial charge in [0.2, 0.25) is 0 Å². The van der Waals surface area contributed by atoms with E-state index in [1.165, 1.54) is 0 Å². The maximum atomic E-state index is 13.3. The Labute approximate surface area is 236 Å². The molecular weight excluding hydrogens is 598 g/mol. The van der Waals surface area contributed by atoms with Crippen molar-refractivity contribution in [3.8, 4) is 0 Å². The molecule has 0 saturated carbocycles. The number of rotatable bonds is 10. The largest absolute Gasteiger partial charge is 0.381 e. The van der Waals surface area contributed by atoms with Crippen molar-refractivity contribution >= 4 is 61.4 Å². The van der Waals surface area contributed by atoms with E-state index in [0.29, 0.717) is 0 Å². The molecule has 0 aromatic heterocycles. The minimum atomic E-state index is -0.839. The number of allylic oxidation sites excluding steroid dienone is 2. The Bertz CT molecular complexity index is 1090. The van der Waals surface area contributed by atoms with Crippen molar-refractivity contribution in [2.24, 2.45) is 11.8 Å². The van der Waals surface area contributed by atoms with Gasteiger partial charge < -0.3 is 15.1 Å². The number of carbonyl (C=O) groups is 3. The maximum Gasteiger partial charge on any atom is 0.156 e. The van der Waals surface area contributed by atoms with Crippen molar-refractivity contribution in [1.82, 2.24) is 15.1 Å². The third kappa shape index (κ3) is 8.22. The molecule has 1 N–H and O–H groups in total. The first-order chi connectivity index (χ1) is 17.5. The van der Waals surface area contributed by atoms with E-state index in [2.05, 4.69) is 37.2 Å². The predicted molar refractivity (Wildman–Crippen MR) is 156 cm³/mol. The molecule has 6 nitrogen and oxygen atoms in total. The molecule has 2 atom stereocenters. The molecule has 1 aliphatic heterocycles. The first-order valence-electron chi connectivity index (χ1n) is 12.1. The summed E-state index contributed by atoms with van der Waals surface area (Å²) in [6.07, 6.45) is 4.14. The van der Waals surface area contributed by atoms with Crippen LogP contribution in [0.5, 0.6) is 0 Å². The number of halogens is 2. The SMILES string of the molecule is CN(C)/C(=C/c1ccc(Br)cc1)CC(=O)C1CNCC(C(=O)C/C(=C\c2ccc(Br)cc2)N(C)C)C1=O. The van der Waals surface area contributed by atoms with Crippen LogP contribution in [-0.4, -0.2) is 68.4 Å². The van der Waals surface area contributed by atoms with E-state index in [0.717, 1.165) is 31.5 Å². The highest BCUT2D eigenvalue weighted by Crippen LogP contribution is 2.23. The average Bonchev–Trinajstić information content (AvgIpc) is 2.85. The molecule has 0 radical (unpaired) electrons. The Morgan fingerprint density at radius 3 is 1.43 bits per heavy atom. The Hall–Kier alpha value is -2.55. The Kier molecular flexibility index (Phi) is 10.4. The van der Waals surface area contributed by atoms with Crippen LogP contribution in [0.3, 0.4) is 0 Å². The lowest BCUT2D eigenvalue weighted by molar-refractivity contribution is -0.140. The zero-order valence-electron chi connectivity index (χ0n) is 21.6. The number of hydrogen-bond acceptors (Lipinski definition) is 6. The second-order valence-electron chi connectivity index (χ2n) is 9.62. The molecule has 1 heterocycles. The molecule has 0 aliphatic carbocycles. The molecule has 0 amide bonds. The van der Waals surface area contributed by atoms with Gasteiger partial charge in [-0.3, -0.25) is 14.4 Å². The fourth-order valence-corrected chi connectivity index (χ4v) is 4.67. The zero-order valence-corrected chi connectivity index (χ0v) is 24.8. The lowest BCUT2D eigenvalue weighted by Crippen LogP contribution is -2.50. The zero-order chi connectivity index (χ0) is 27.1. The molecule has 3 rings (SSSR count). The minimum absolute atomic E-state index is 0.120. The van der Waals surface area contributed by atoms with Crippen molar-refractivity contribution in [2.75, 3.05) is 41.3 Å². The molecular formula is C29H33Br2N3O3. The Morgan fingerprint density at radius 2 is 1.11 bits per heavy atom. The summed E-state index contributed by atoms with van der Waals surface area (Å²) in [6, 6.07) is 15.6. The van der Waals surface area contributed by atoms with Crippen molar-refractivity contribution in [2.45, 2.75) is 12.8 Å². The van der Waals surface area contributed by atoms with Crippen LogP contribution in [0.4, 0.5) is 0 Å². The molecule has 2 aromatic carbocycles. The summed E-state index contributed by atoms with van der Waals surface area (Å²) in [5, 5.41) is 3.15. The number of Topliss-reactive ketones (excluding diaryl/α,β-unsaturated/α-hetero) is 3. The van der Waals surface area contributed by atoms with Gasteiger partial charge in [0.15, 0.2) is 5.78 Å². The van der Waals surface area contributed by atoms with E-state index in [1.54, 1.807) is 0 Å². The molecule has 1 saturated heterocycles. The standard InChI is InChI=1S/C29H33Br2N3O3/c1-33(2)23(13-19-5-9-21(30)10-6-19)15-27(35)25-17-32-18-26(29(25)37)28(36)16-24(34(3)4)14-20-7-11-22(31)12-8-20/h5-14,25-26,32H,15-18H2,1-4H3/b23-13+,24-14+. The van der Waals surface area contributed by atoms with Crippen LogP contribution in [0.1, 0.15) is 24.0 Å². The highest BCUT2D eigenvalue weighted by atomic mass is 79.9. The molecule has 2 aromatic rings. The minimum Gasteiger partial charge on any atom is -0.381 e. The van der Waals surface area contributed by atoms with Crippen LogP contribution in [0.15, 0.2) is 68.9 Å². The summed E-state index contributed by atoms with van der Waals surface area (Å²) in [4.78, 5) is 43.7. The van der Waals surface area contributed by atoms with E-state index in [4.69, 9.17) is 0 Å². The third-order valence-corrected chi connectivity index (χ3v) is 7.48. The van der Waals surface area contributed by atoms with Crippen molar-refractivity contribution in [3.63, 3.8) is 0 Å². The van der Waals surface area contributed by atoms with Crippen LogP contribution >= 0.6 is 31.9 Å². The third-order valence-electron chi connectivity index (χ3n) is 6.43. The molecule has 2 unspecified atom stereocenters. The molecule has 0 spiro atoms. The van der Waals surface area contributed by atoms with Gasteiger partial charge in [0.05, 0.1) is 11.8 Å². The highest BCUT2D eigenvalue weighted by Gasteiger charge is 2.39. The van der Waals surface area contributed by atoms with Crippen LogP contribution in [0, 0.1) is 11.8 Å². The fourth-order valence-electron chi connectivity index (χ4n) is 4.14. The number of piperidine rings is 1. The highest BCUT2D eigenvalue weighted by molar-refractivity contribution is 9.10. The monoisotopic (exact) mass is 629 g/mol. The Balaban J connectivity index is 1.72. The lowest BCUT2D eigenvalue weighted by atomic mass is 9.81. The maximum absolute atomic E-state index is 13.3. The van der Waals surface area contributed by atoms with E-state index in [-0.39, 0.29) is 43.3 Å². The predicted octanol–water partition coefficient (Wildman–Crippen LogP) is 5.04. The summed E-state index contributed by atoms with van der Waals surface area (Å²) in [7, 11) is 7.52. The molecule has 196 valence electrons.